The molecule has 0 aliphatic rings. The number of anilines is 1. The maximum absolute atomic E-state index is 5.97. The Kier molecular flexibility index (Phi) is 3.88. The third-order valence-electron chi connectivity index (χ3n) is 3.26. The molecule has 3 rings (SSSR count). The molecule has 0 aliphatic heterocycles. The smallest absolute Gasteiger partial charge is 0.247 e. The van der Waals surface area contributed by atoms with Crippen LogP contribution >= 0.6 is 11.6 Å². The van der Waals surface area contributed by atoms with Gasteiger partial charge in [0.05, 0.1) is 0 Å². The standard InChI is InChI=1S/C16H14ClN3O/c1-11-7-14(17)6-5-13(11)9-18-15-4-2-3-12(8-15)16-20-19-10-21-16/h2-8,10,18H,9H2,1H3. The maximum atomic E-state index is 5.97. The number of halogens is 1. The van der Waals surface area contributed by atoms with Crippen molar-refractivity contribution in [1.29, 1.82) is 0 Å². The minimum Gasteiger partial charge on any atom is -0.423 e. The minimum absolute atomic E-state index is 0.515. The molecule has 3 aromatic rings. The van der Waals surface area contributed by atoms with Crippen LogP contribution in [0.25, 0.3) is 11.5 Å². The lowest BCUT2D eigenvalue weighted by Gasteiger charge is -2.10. The van der Waals surface area contributed by atoms with E-state index in [0.29, 0.717) is 5.89 Å². The quantitative estimate of drug-likeness (QED) is 0.780. The molecule has 0 amide bonds. The predicted molar refractivity (Wildman–Crippen MR) is 83.2 cm³/mol. The number of nitrogens with zero attached hydrogens (tertiary/aromatic N) is 2. The summed E-state index contributed by atoms with van der Waals surface area (Å²) in [4.78, 5) is 0. The molecule has 0 radical (unpaired) electrons. The van der Waals surface area contributed by atoms with E-state index in [2.05, 4.69) is 22.4 Å². The van der Waals surface area contributed by atoms with Crippen LogP contribution in [0.15, 0.2) is 53.3 Å². The van der Waals surface area contributed by atoms with Crippen LogP contribution in [0.1, 0.15) is 11.1 Å². The van der Waals surface area contributed by atoms with Crippen LogP contribution in [0.3, 0.4) is 0 Å². The number of aryl methyl sites for hydroxylation is 1. The van der Waals surface area contributed by atoms with Crippen LogP contribution in [0, 0.1) is 6.92 Å². The zero-order valence-electron chi connectivity index (χ0n) is 11.5. The van der Waals surface area contributed by atoms with Crippen LogP contribution in [0.5, 0.6) is 0 Å². The molecule has 21 heavy (non-hydrogen) atoms. The van der Waals surface area contributed by atoms with Gasteiger partial charge in [0.2, 0.25) is 12.3 Å². The van der Waals surface area contributed by atoms with Crippen LogP contribution in [0.4, 0.5) is 5.69 Å². The molecule has 4 nitrogen and oxygen atoms in total. The summed E-state index contributed by atoms with van der Waals surface area (Å²) in [5.74, 6) is 0.515. The number of benzene rings is 2. The van der Waals surface area contributed by atoms with Crippen molar-refractivity contribution in [2.45, 2.75) is 13.5 Å². The van der Waals surface area contributed by atoms with Crippen molar-refractivity contribution in [3.63, 3.8) is 0 Å². The van der Waals surface area contributed by atoms with E-state index in [4.69, 9.17) is 16.0 Å². The van der Waals surface area contributed by atoms with Gasteiger partial charge in [-0.25, -0.2) is 0 Å². The Bertz CT molecular complexity index is 741. The number of hydrogen-bond acceptors (Lipinski definition) is 4. The average molecular weight is 300 g/mol. The van der Waals surface area contributed by atoms with Gasteiger partial charge in [0.15, 0.2) is 0 Å². The van der Waals surface area contributed by atoms with Crippen molar-refractivity contribution in [2.75, 3.05) is 5.32 Å². The second-order valence-corrected chi connectivity index (χ2v) is 5.19. The highest BCUT2D eigenvalue weighted by molar-refractivity contribution is 6.30. The number of rotatable bonds is 4. The van der Waals surface area contributed by atoms with Gasteiger partial charge in [-0.1, -0.05) is 23.7 Å². The molecule has 0 bridgehead atoms. The Hall–Kier alpha value is -2.33. The second kappa shape index (κ2) is 5.97. The Balaban J connectivity index is 1.75. The molecule has 0 aliphatic carbocycles. The molecule has 2 aromatic carbocycles. The molecule has 0 spiro atoms. The van der Waals surface area contributed by atoms with E-state index in [9.17, 15) is 0 Å². The van der Waals surface area contributed by atoms with Gasteiger partial charge in [-0.3, -0.25) is 0 Å². The molecule has 1 N–H and O–H groups in total. The summed E-state index contributed by atoms with van der Waals surface area (Å²) < 4.78 is 5.20. The summed E-state index contributed by atoms with van der Waals surface area (Å²) in [5, 5.41) is 11.8. The first-order valence-electron chi connectivity index (χ1n) is 6.58. The molecule has 0 fully saturated rings. The van der Waals surface area contributed by atoms with Crippen molar-refractivity contribution < 1.29 is 4.42 Å². The van der Waals surface area contributed by atoms with E-state index in [0.717, 1.165) is 22.8 Å². The van der Waals surface area contributed by atoms with E-state index in [1.54, 1.807) is 0 Å². The van der Waals surface area contributed by atoms with Crippen molar-refractivity contribution in [3.8, 4) is 11.5 Å². The molecule has 5 heteroatoms. The fourth-order valence-electron chi connectivity index (χ4n) is 2.12. The largest absolute Gasteiger partial charge is 0.423 e. The molecule has 0 saturated carbocycles. The lowest BCUT2D eigenvalue weighted by Crippen LogP contribution is -2.01. The fourth-order valence-corrected chi connectivity index (χ4v) is 2.34. The Labute approximate surface area is 127 Å². The summed E-state index contributed by atoms with van der Waals surface area (Å²) in [6.07, 6.45) is 1.33. The topological polar surface area (TPSA) is 51.0 Å². The van der Waals surface area contributed by atoms with Gasteiger partial charge in [-0.05, 0) is 48.4 Å². The molecule has 0 unspecified atom stereocenters. The SMILES string of the molecule is Cc1cc(Cl)ccc1CNc1cccc(-c2nnco2)c1. The number of aromatic nitrogens is 2. The molecule has 0 atom stereocenters. The molecular weight excluding hydrogens is 286 g/mol. The summed E-state index contributed by atoms with van der Waals surface area (Å²) >= 11 is 5.97. The monoisotopic (exact) mass is 299 g/mol. The van der Waals surface area contributed by atoms with E-state index in [1.807, 2.05) is 42.5 Å². The van der Waals surface area contributed by atoms with Crippen molar-refractivity contribution in [3.05, 3.63) is 65.0 Å². The lowest BCUT2D eigenvalue weighted by atomic mass is 10.1. The summed E-state index contributed by atoms with van der Waals surface area (Å²) in [6, 6.07) is 13.8. The number of hydrogen-bond donors (Lipinski definition) is 1. The first-order valence-corrected chi connectivity index (χ1v) is 6.96. The van der Waals surface area contributed by atoms with Crippen molar-refractivity contribution in [2.24, 2.45) is 0 Å². The number of nitrogens with one attached hydrogen (secondary N) is 1. The van der Waals surface area contributed by atoms with Gasteiger partial charge >= 0.3 is 0 Å². The first-order chi connectivity index (χ1) is 10.2. The third kappa shape index (κ3) is 3.23. The summed E-state index contributed by atoms with van der Waals surface area (Å²) in [7, 11) is 0. The van der Waals surface area contributed by atoms with Crippen LogP contribution in [0.2, 0.25) is 5.02 Å². The van der Waals surface area contributed by atoms with Crippen LogP contribution < -0.4 is 5.32 Å². The maximum Gasteiger partial charge on any atom is 0.247 e. The normalized spacial score (nSPS) is 10.6. The Morgan fingerprint density at radius 2 is 2.10 bits per heavy atom. The fraction of sp³-hybridized carbons (Fsp3) is 0.125. The van der Waals surface area contributed by atoms with Crippen LogP contribution in [-0.2, 0) is 6.54 Å². The highest BCUT2D eigenvalue weighted by Gasteiger charge is 2.04. The van der Waals surface area contributed by atoms with E-state index in [-0.39, 0.29) is 0 Å². The van der Waals surface area contributed by atoms with Crippen molar-refractivity contribution in [1.82, 2.24) is 10.2 Å². The third-order valence-corrected chi connectivity index (χ3v) is 3.49. The lowest BCUT2D eigenvalue weighted by molar-refractivity contribution is 0.568. The zero-order chi connectivity index (χ0) is 14.7. The van der Waals surface area contributed by atoms with Gasteiger partial charge < -0.3 is 9.73 Å². The molecule has 1 heterocycles. The second-order valence-electron chi connectivity index (χ2n) is 4.75. The van der Waals surface area contributed by atoms with E-state index in [1.165, 1.54) is 17.5 Å². The zero-order valence-corrected chi connectivity index (χ0v) is 12.3. The first kappa shape index (κ1) is 13.6. The van der Waals surface area contributed by atoms with E-state index >= 15 is 0 Å². The minimum atomic E-state index is 0.515. The molecule has 1 aromatic heterocycles. The van der Waals surface area contributed by atoms with Gasteiger partial charge in [0, 0.05) is 22.8 Å². The highest BCUT2D eigenvalue weighted by atomic mass is 35.5. The molecule has 106 valence electrons. The van der Waals surface area contributed by atoms with Crippen molar-refractivity contribution >= 4 is 17.3 Å². The predicted octanol–water partition coefficient (Wildman–Crippen LogP) is 4.31. The average Bonchev–Trinajstić information content (AvgIpc) is 3.01. The van der Waals surface area contributed by atoms with Gasteiger partial charge in [0.1, 0.15) is 0 Å². The summed E-state index contributed by atoms with van der Waals surface area (Å²) in [6.45, 7) is 2.79. The highest BCUT2D eigenvalue weighted by Crippen LogP contribution is 2.21. The van der Waals surface area contributed by atoms with Crippen LogP contribution in [-0.4, -0.2) is 10.2 Å². The van der Waals surface area contributed by atoms with Gasteiger partial charge in [-0.2, -0.15) is 0 Å². The summed E-state index contributed by atoms with van der Waals surface area (Å²) in [5.41, 5.74) is 4.27. The Morgan fingerprint density at radius 3 is 2.86 bits per heavy atom. The van der Waals surface area contributed by atoms with Gasteiger partial charge in [0.25, 0.3) is 0 Å². The molecular formula is C16H14ClN3O. The Morgan fingerprint density at radius 1 is 1.19 bits per heavy atom. The molecule has 0 saturated heterocycles. The van der Waals surface area contributed by atoms with Gasteiger partial charge in [-0.15, -0.1) is 10.2 Å². The van der Waals surface area contributed by atoms with E-state index < -0.39 is 0 Å².